The number of hydrogen-bond acceptors (Lipinski definition) is 3. The van der Waals surface area contributed by atoms with Crippen molar-refractivity contribution in [2.75, 3.05) is 33.9 Å². The van der Waals surface area contributed by atoms with Crippen molar-refractivity contribution < 1.29 is 13.9 Å². The number of hydrogen-bond donors (Lipinski definition) is 2. The van der Waals surface area contributed by atoms with Gasteiger partial charge in [-0.15, -0.1) is 0 Å². The largest absolute Gasteiger partial charge is 0.489 e. The molecule has 1 aliphatic rings. The minimum Gasteiger partial charge on any atom is -0.489 e. The lowest BCUT2D eigenvalue weighted by molar-refractivity contribution is 0.172. The molecule has 0 aliphatic heterocycles. The van der Waals surface area contributed by atoms with Crippen LogP contribution in [-0.2, 0) is 4.74 Å². The standard InChI is InChI=1S/C19H30FN3O2/c1-4-16(25-17-7-5-6-15(20)12-17)13-22-18(21-2)23-14-19(8-9-19)10-11-24-3/h5-7,12,16H,4,8-11,13-14H2,1-3H3,(H2,21,22,23). The lowest BCUT2D eigenvalue weighted by atomic mass is 10.0. The lowest BCUT2D eigenvalue weighted by Gasteiger charge is -2.21. The van der Waals surface area contributed by atoms with Gasteiger partial charge >= 0.3 is 0 Å². The maximum atomic E-state index is 13.3. The van der Waals surface area contributed by atoms with Gasteiger partial charge in [0.15, 0.2) is 5.96 Å². The van der Waals surface area contributed by atoms with E-state index in [1.165, 1.54) is 25.0 Å². The van der Waals surface area contributed by atoms with Crippen molar-refractivity contribution in [1.82, 2.24) is 10.6 Å². The summed E-state index contributed by atoms with van der Waals surface area (Å²) in [5.74, 6) is 1.03. The van der Waals surface area contributed by atoms with E-state index in [4.69, 9.17) is 9.47 Å². The highest BCUT2D eigenvalue weighted by Gasteiger charge is 2.41. The van der Waals surface area contributed by atoms with Gasteiger partial charge in [0.25, 0.3) is 0 Å². The molecule has 0 spiro atoms. The van der Waals surface area contributed by atoms with Gasteiger partial charge in [0, 0.05) is 33.4 Å². The van der Waals surface area contributed by atoms with Crippen molar-refractivity contribution in [3.8, 4) is 5.75 Å². The number of nitrogens with one attached hydrogen (secondary N) is 2. The smallest absolute Gasteiger partial charge is 0.191 e. The van der Waals surface area contributed by atoms with Crippen LogP contribution >= 0.6 is 0 Å². The van der Waals surface area contributed by atoms with E-state index >= 15 is 0 Å². The maximum absolute atomic E-state index is 13.3. The summed E-state index contributed by atoms with van der Waals surface area (Å²) in [5, 5.41) is 6.70. The summed E-state index contributed by atoms with van der Waals surface area (Å²) in [5.41, 5.74) is 0.357. The van der Waals surface area contributed by atoms with Gasteiger partial charge in [0.05, 0.1) is 6.54 Å². The molecule has 6 heteroatoms. The average Bonchev–Trinajstić information content (AvgIpc) is 3.39. The van der Waals surface area contributed by atoms with E-state index < -0.39 is 0 Å². The molecule has 1 atom stereocenters. The Kier molecular flexibility index (Phi) is 7.50. The van der Waals surface area contributed by atoms with E-state index in [0.717, 1.165) is 32.0 Å². The highest BCUT2D eigenvalue weighted by Crippen LogP contribution is 2.48. The average molecular weight is 351 g/mol. The van der Waals surface area contributed by atoms with Crippen molar-refractivity contribution >= 4 is 5.96 Å². The number of aliphatic imine (C=N–C) groups is 1. The summed E-state index contributed by atoms with van der Waals surface area (Å²) in [4.78, 5) is 4.27. The molecule has 0 heterocycles. The van der Waals surface area contributed by atoms with Crippen LogP contribution in [0.3, 0.4) is 0 Å². The first-order chi connectivity index (χ1) is 12.1. The zero-order valence-corrected chi connectivity index (χ0v) is 15.5. The Labute approximate surface area is 150 Å². The molecule has 5 nitrogen and oxygen atoms in total. The predicted molar refractivity (Wildman–Crippen MR) is 98.6 cm³/mol. The number of rotatable bonds is 10. The molecule has 0 saturated heterocycles. The van der Waals surface area contributed by atoms with Crippen LogP contribution < -0.4 is 15.4 Å². The zero-order chi connectivity index (χ0) is 18.1. The molecule has 0 aromatic heterocycles. The van der Waals surface area contributed by atoms with Crippen LogP contribution in [-0.4, -0.2) is 45.9 Å². The summed E-state index contributed by atoms with van der Waals surface area (Å²) in [6.45, 7) is 4.36. The normalized spacial score (nSPS) is 17.0. The lowest BCUT2D eigenvalue weighted by Crippen LogP contribution is -2.44. The van der Waals surface area contributed by atoms with Gasteiger partial charge in [-0.05, 0) is 43.2 Å². The summed E-state index contributed by atoms with van der Waals surface area (Å²) < 4.78 is 24.3. The van der Waals surface area contributed by atoms with Crippen LogP contribution in [0.1, 0.15) is 32.6 Å². The topological polar surface area (TPSA) is 54.9 Å². The van der Waals surface area contributed by atoms with E-state index in [2.05, 4.69) is 15.6 Å². The van der Waals surface area contributed by atoms with Gasteiger partial charge in [-0.3, -0.25) is 4.99 Å². The van der Waals surface area contributed by atoms with Crippen molar-refractivity contribution in [3.63, 3.8) is 0 Å². The summed E-state index contributed by atoms with van der Waals surface area (Å²) in [6, 6.07) is 6.24. The fourth-order valence-corrected chi connectivity index (χ4v) is 2.71. The number of nitrogens with zero attached hydrogens (tertiary/aromatic N) is 1. The number of halogens is 1. The molecule has 2 N–H and O–H groups in total. The number of benzene rings is 1. The quantitative estimate of drug-likeness (QED) is 0.503. The third-order valence-corrected chi connectivity index (χ3v) is 4.70. The number of guanidine groups is 1. The third kappa shape index (κ3) is 6.53. The van der Waals surface area contributed by atoms with Gasteiger partial charge in [-0.25, -0.2) is 4.39 Å². The first-order valence-corrected chi connectivity index (χ1v) is 8.96. The van der Waals surface area contributed by atoms with E-state index in [9.17, 15) is 4.39 Å². The van der Waals surface area contributed by atoms with Crippen LogP contribution in [0.15, 0.2) is 29.3 Å². The first-order valence-electron chi connectivity index (χ1n) is 8.96. The number of methoxy groups -OCH3 is 1. The van der Waals surface area contributed by atoms with Crippen LogP contribution in [0.2, 0.25) is 0 Å². The van der Waals surface area contributed by atoms with Gasteiger partial charge in [0.2, 0.25) is 0 Å². The molecule has 1 unspecified atom stereocenters. The van der Waals surface area contributed by atoms with E-state index in [1.807, 2.05) is 6.92 Å². The van der Waals surface area contributed by atoms with Crippen molar-refractivity contribution in [3.05, 3.63) is 30.1 Å². The van der Waals surface area contributed by atoms with E-state index in [0.29, 0.717) is 17.7 Å². The fourth-order valence-electron chi connectivity index (χ4n) is 2.71. The Bertz CT molecular complexity index is 561. The van der Waals surface area contributed by atoms with Gasteiger partial charge < -0.3 is 20.1 Å². The molecule has 140 valence electrons. The Hall–Kier alpha value is -1.82. The monoisotopic (exact) mass is 351 g/mol. The van der Waals surface area contributed by atoms with Crippen LogP contribution in [0.5, 0.6) is 5.75 Å². The number of ether oxygens (including phenoxy) is 2. The fraction of sp³-hybridized carbons (Fsp3) is 0.632. The minimum absolute atomic E-state index is 0.0521. The molecule has 0 amide bonds. The van der Waals surface area contributed by atoms with Crippen LogP contribution in [0.25, 0.3) is 0 Å². The second kappa shape index (κ2) is 9.61. The molecule has 0 bridgehead atoms. The molecule has 25 heavy (non-hydrogen) atoms. The minimum atomic E-state index is -0.288. The van der Waals surface area contributed by atoms with Crippen LogP contribution in [0, 0.1) is 11.2 Å². The molecule has 0 radical (unpaired) electrons. The zero-order valence-electron chi connectivity index (χ0n) is 15.5. The van der Waals surface area contributed by atoms with E-state index in [-0.39, 0.29) is 11.9 Å². The molecule has 1 aromatic rings. The second-order valence-electron chi connectivity index (χ2n) is 6.65. The maximum Gasteiger partial charge on any atom is 0.191 e. The second-order valence-corrected chi connectivity index (χ2v) is 6.65. The Morgan fingerprint density at radius 1 is 1.36 bits per heavy atom. The molecule has 2 rings (SSSR count). The summed E-state index contributed by atoms with van der Waals surface area (Å²) >= 11 is 0. The highest BCUT2D eigenvalue weighted by atomic mass is 19.1. The molecule has 1 aliphatic carbocycles. The Morgan fingerprint density at radius 2 is 2.16 bits per heavy atom. The van der Waals surface area contributed by atoms with Crippen molar-refractivity contribution in [1.29, 1.82) is 0 Å². The first kappa shape index (κ1) is 19.5. The molecular weight excluding hydrogens is 321 g/mol. The summed E-state index contributed by atoms with van der Waals surface area (Å²) in [6.07, 6.45) is 4.32. The third-order valence-electron chi connectivity index (χ3n) is 4.70. The molecule has 1 aromatic carbocycles. The Morgan fingerprint density at radius 3 is 2.76 bits per heavy atom. The molecule has 1 saturated carbocycles. The van der Waals surface area contributed by atoms with Gasteiger partial charge in [-0.1, -0.05) is 13.0 Å². The summed E-state index contributed by atoms with van der Waals surface area (Å²) in [7, 11) is 3.51. The van der Waals surface area contributed by atoms with Gasteiger partial charge in [0.1, 0.15) is 17.7 Å². The van der Waals surface area contributed by atoms with Crippen molar-refractivity contribution in [2.24, 2.45) is 10.4 Å². The highest BCUT2D eigenvalue weighted by molar-refractivity contribution is 5.79. The van der Waals surface area contributed by atoms with Gasteiger partial charge in [-0.2, -0.15) is 0 Å². The molecule has 1 fully saturated rings. The SMILES string of the molecule is CCC(CNC(=NC)NCC1(CCOC)CC1)Oc1cccc(F)c1. The van der Waals surface area contributed by atoms with Crippen molar-refractivity contribution in [2.45, 2.75) is 38.7 Å². The van der Waals surface area contributed by atoms with E-state index in [1.54, 1.807) is 26.3 Å². The Balaban J connectivity index is 1.76. The molecular formula is C19H30FN3O2. The predicted octanol–water partition coefficient (Wildman–Crippen LogP) is 2.96. The van der Waals surface area contributed by atoms with Crippen LogP contribution in [0.4, 0.5) is 4.39 Å².